The second-order valence-corrected chi connectivity index (χ2v) is 6.49. The van der Waals surface area contributed by atoms with Crippen LogP contribution in [-0.2, 0) is 16.0 Å². The van der Waals surface area contributed by atoms with Gasteiger partial charge in [0.2, 0.25) is 0 Å². The van der Waals surface area contributed by atoms with Crippen molar-refractivity contribution in [2.45, 2.75) is 39.7 Å². The Hall–Kier alpha value is -2.29. The maximum absolute atomic E-state index is 11.8. The first-order valence-corrected chi connectivity index (χ1v) is 7.36. The van der Waals surface area contributed by atoms with Crippen LogP contribution >= 0.6 is 0 Å². The number of allylic oxidation sites excluding steroid dienone is 1. The number of ether oxygens (including phenoxy) is 1. The van der Waals surface area contributed by atoms with Gasteiger partial charge in [-0.2, -0.15) is 0 Å². The first kappa shape index (κ1) is 16.1. The van der Waals surface area contributed by atoms with Crippen molar-refractivity contribution in [3.05, 3.63) is 53.6 Å². The highest BCUT2D eigenvalue weighted by Crippen LogP contribution is 2.29. The maximum atomic E-state index is 11.8. The van der Waals surface area contributed by atoms with Gasteiger partial charge in [0.1, 0.15) is 11.4 Å². The lowest BCUT2D eigenvalue weighted by Crippen LogP contribution is -2.22. The van der Waals surface area contributed by atoms with Crippen molar-refractivity contribution < 1.29 is 14.6 Å². The molecule has 0 radical (unpaired) electrons. The highest BCUT2D eigenvalue weighted by atomic mass is 16.6. The van der Waals surface area contributed by atoms with Gasteiger partial charge in [-0.25, -0.2) is 4.79 Å². The molecule has 1 N–H and O–H groups in total. The van der Waals surface area contributed by atoms with Gasteiger partial charge in [0.25, 0.3) is 0 Å². The first-order valence-electron chi connectivity index (χ1n) is 7.36. The molecular formula is C19H22O3. The molecule has 22 heavy (non-hydrogen) atoms. The van der Waals surface area contributed by atoms with E-state index in [0.717, 1.165) is 21.9 Å². The van der Waals surface area contributed by atoms with Gasteiger partial charge in [-0.15, -0.1) is 0 Å². The summed E-state index contributed by atoms with van der Waals surface area (Å²) in [5.41, 5.74) is 1.17. The summed E-state index contributed by atoms with van der Waals surface area (Å²) in [4.78, 5) is 11.8. The Morgan fingerprint density at radius 2 is 1.86 bits per heavy atom. The third-order valence-electron chi connectivity index (χ3n) is 3.24. The Morgan fingerprint density at radius 3 is 2.55 bits per heavy atom. The minimum Gasteiger partial charge on any atom is -0.508 e. The second kappa shape index (κ2) is 6.22. The lowest BCUT2D eigenvalue weighted by Gasteiger charge is -2.18. The zero-order valence-corrected chi connectivity index (χ0v) is 13.5. The molecule has 0 aromatic heterocycles. The molecule has 0 saturated carbocycles. The average Bonchev–Trinajstić information content (AvgIpc) is 2.39. The molecule has 0 aliphatic rings. The van der Waals surface area contributed by atoms with Crippen molar-refractivity contribution >= 4 is 16.7 Å². The van der Waals surface area contributed by atoms with Crippen LogP contribution in [0.1, 0.15) is 33.3 Å². The Kier molecular flexibility index (Phi) is 4.55. The van der Waals surface area contributed by atoms with E-state index >= 15 is 0 Å². The van der Waals surface area contributed by atoms with Gasteiger partial charge in [-0.3, -0.25) is 0 Å². The molecule has 0 aliphatic heterocycles. The number of rotatable bonds is 3. The van der Waals surface area contributed by atoms with Crippen LogP contribution < -0.4 is 0 Å². The molecule has 2 aromatic carbocycles. The van der Waals surface area contributed by atoms with E-state index in [1.807, 2.05) is 58.0 Å². The third-order valence-corrected chi connectivity index (χ3v) is 3.24. The Labute approximate surface area is 131 Å². The van der Waals surface area contributed by atoms with Gasteiger partial charge < -0.3 is 9.84 Å². The van der Waals surface area contributed by atoms with Crippen molar-refractivity contribution in [3.63, 3.8) is 0 Å². The Balaban J connectivity index is 2.27. The SMILES string of the molecule is C/C(=C\C(=O)OC(C)(C)C)Cc1c(O)ccc2ccccc12. The number of benzene rings is 2. The maximum Gasteiger partial charge on any atom is 0.331 e. The number of carbonyl (C=O) groups excluding carboxylic acids is 1. The minimum atomic E-state index is -0.505. The standard InChI is InChI=1S/C19H22O3/c1-13(12-18(21)22-19(2,3)4)11-16-15-8-6-5-7-14(15)9-10-17(16)20/h5-10,12,20H,11H2,1-4H3/b13-12+. The van der Waals surface area contributed by atoms with Crippen LogP contribution in [0.3, 0.4) is 0 Å². The van der Waals surface area contributed by atoms with Crippen LogP contribution in [0.5, 0.6) is 5.75 Å². The van der Waals surface area contributed by atoms with E-state index in [-0.39, 0.29) is 11.7 Å². The van der Waals surface area contributed by atoms with E-state index in [2.05, 4.69) is 0 Å². The minimum absolute atomic E-state index is 0.246. The fourth-order valence-electron chi connectivity index (χ4n) is 2.37. The van der Waals surface area contributed by atoms with Gasteiger partial charge in [0.05, 0.1) is 0 Å². The smallest absolute Gasteiger partial charge is 0.331 e. The van der Waals surface area contributed by atoms with E-state index in [1.165, 1.54) is 6.08 Å². The molecule has 2 aromatic rings. The first-order chi connectivity index (χ1) is 10.3. The van der Waals surface area contributed by atoms with Crippen LogP contribution in [0, 0.1) is 0 Å². The number of fused-ring (bicyclic) bond motifs is 1. The van der Waals surface area contributed by atoms with E-state index in [1.54, 1.807) is 6.07 Å². The fraction of sp³-hybridized carbons (Fsp3) is 0.316. The molecular weight excluding hydrogens is 276 g/mol. The van der Waals surface area contributed by atoms with E-state index in [0.29, 0.717) is 6.42 Å². The summed E-state index contributed by atoms with van der Waals surface area (Å²) in [5, 5.41) is 12.2. The summed E-state index contributed by atoms with van der Waals surface area (Å²) >= 11 is 0. The molecule has 0 spiro atoms. The third kappa shape index (κ3) is 4.10. The Bertz CT molecular complexity index is 721. The van der Waals surface area contributed by atoms with Crippen LogP contribution in [0.4, 0.5) is 0 Å². The summed E-state index contributed by atoms with van der Waals surface area (Å²) in [6.45, 7) is 7.38. The number of phenolic OH excluding ortho intramolecular Hbond substituents is 1. The van der Waals surface area contributed by atoms with Crippen molar-refractivity contribution in [3.8, 4) is 5.75 Å². The van der Waals surface area contributed by atoms with Gasteiger partial charge in [-0.1, -0.05) is 35.9 Å². The fourth-order valence-corrected chi connectivity index (χ4v) is 2.37. The molecule has 3 heteroatoms. The molecule has 2 rings (SSSR count). The van der Waals surface area contributed by atoms with Gasteiger partial charge in [0.15, 0.2) is 0 Å². The zero-order chi connectivity index (χ0) is 16.3. The van der Waals surface area contributed by atoms with Crippen LogP contribution in [0.2, 0.25) is 0 Å². The number of esters is 1. The summed E-state index contributed by atoms with van der Waals surface area (Å²) in [7, 11) is 0. The lowest BCUT2D eigenvalue weighted by molar-refractivity contribution is -0.148. The normalized spacial score (nSPS) is 12.5. The van der Waals surface area contributed by atoms with Gasteiger partial charge in [0, 0.05) is 11.6 Å². The quantitative estimate of drug-likeness (QED) is 0.676. The second-order valence-electron chi connectivity index (χ2n) is 6.49. The Morgan fingerprint density at radius 1 is 1.18 bits per heavy atom. The molecule has 116 valence electrons. The van der Waals surface area contributed by atoms with Crippen LogP contribution in [-0.4, -0.2) is 16.7 Å². The molecule has 0 amide bonds. The number of hydrogen-bond acceptors (Lipinski definition) is 3. The van der Waals surface area contributed by atoms with Crippen LogP contribution in [0.25, 0.3) is 10.8 Å². The summed E-state index contributed by atoms with van der Waals surface area (Å²) in [6.07, 6.45) is 2.00. The monoisotopic (exact) mass is 298 g/mol. The molecule has 0 unspecified atom stereocenters. The summed E-state index contributed by atoms with van der Waals surface area (Å²) in [5.74, 6) is -0.111. The number of hydrogen-bond donors (Lipinski definition) is 1. The van der Waals surface area contributed by atoms with Gasteiger partial charge in [-0.05, 0) is 51.0 Å². The highest BCUT2D eigenvalue weighted by Gasteiger charge is 2.15. The molecule has 0 fully saturated rings. The van der Waals surface area contributed by atoms with Crippen molar-refractivity contribution in [2.24, 2.45) is 0 Å². The number of phenols is 1. The molecule has 0 aliphatic carbocycles. The van der Waals surface area contributed by atoms with Gasteiger partial charge >= 0.3 is 5.97 Å². The van der Waals surface area contributed by atoms with E-state index in [4.69, 9.17) is 4.74 Å². The summed E-state index contributed by atoms with van der Waals surface area (Å²) < 4.78 is 5.29. The molecule has 0 bridgehead atoms. The largest absolute Gasteiger partial charge is 0.508 e. The topological polar surface area (TPSA) is 46.5 Å². The van der Waals surface area contributed by atoms with Crippen molar-refractivity contribution in [2.75, 3.05) is 0 Å². The van der Waals surface area contributed by atoms with E-state index in [9.17, 15) is 9.90 Å². The van der Waals surface area contributed by atoms with E-state index < -0.39 is 5.60 Å². The predicted molar refractivity (Wildman–Crippen MR) is 88.9 cm³/mol. The van der Waals surface area contributed by atoms with Crippen LogP contribution in [0.15, 0.2) is 48.0 Å². The summed E-state index contributed by atoms with van der Waals surface area (Å²) in [6, 6.07) is 11.5. The highest BCUT2D eigenvalue weighted by molar-refractivity contribution is 5.88. The molecule has 0 atom stereocenters. The predicted octanol–water partition coefficient (Wildman–Crippen LogP) is 4.38. The molecule has 3 nitrogen and oxygen atoms in total. The van der Waals surface area contributed by atoms with Crippen molar-refractivity contribution in [1.82, 2.24) is 0 Å². The van der Waals surface area contributed by atoms with Crippen molar-refractivity contribution in [1.29, 1.82) is 0 Å². The molecule has 0 heterocycles. The molecule has 0 saturated heterocycles. The number of aromatic hydroxyl groups is 1. The average molecular weight is 298 g/mol. The number of carbonyl (C=O) groups is 1. The lowest BCUT2D eigenvalue weighted by atomic mass is 9.98. The zero-order valence-electron chi connectivity index (χ0n) is 13.5.